The molecule has 2 aromatic carbocycles. The molecule has 34 heavy (non-hydrogen) atoms. The maximum atomic E-state index is 13.4. The second-order valence-electron chi connectivity index (χ2n) is 9.25. The number of hydrogen-bond acceptors (Lipinski definition) is 3. The molecule has 1 aromatic heterocycles. The molecule has 6 nitrogen and oxygen atoms in total. The van der Waals surface area contributed by atoms with Crippen LogP contribution in [0.3, 0.4) is 0 Å². The lowest BCUT2D eigenvalue weighted by atomic mass is 9.91. The average molecular weight is 504 g/mol. The predicted molar refractivity (Wildman–Crippen MR) is 138 cm³/mol. The Morgan fingerprint density at radius 1 is 1.06 bits per heavy atom. The summed E-state index contributed by atoms with van der Waals surface area (Å²) in [6.45, 7) is 7.69. The van der Waals surface area contributed by atoms with Crippen molar-refractivity contribution in [2.45, 2.75) is 58.1 Å². The lowest BCUT2D eigenvalue weighted by Gasteiger charge is -2.32. The monoisotopic (exact) mass is 503 g/mol. The molecule has 0 aliphatic heterocycles. The second kappa shape index (κ2) is 10.7. The van der Waals surface area contributed by atoms with Crippen molar-refractivity contribution in [1.29, 1.82) is 0 Å². The van der Waals surface area contributed by atoms with Crippen LogP contribution in [0.1, 0.15) is 45.2 Å². The number of carbonyl (C=O) groups is 2. The van der Waals surface area contributed by atoms with E-state index in [1.54, 1.807) is 19.1 Å². The van der Waals surface area contributed by atoms with Crippen molar-refractivity contribution < 1.29 is 14.3 Å². The molecule has 3 N–H and O–H groups in total. The van der Waals surface area contributed by atoms with E-state index >= 15 is 0 Å². The summed E-state index contributed by atoms with van der Waals surface area (Å²) >= 11 is 12.1. The number of halogens is 2. The Bertz CT molecular complexity index is 1180. The van der Waals surface area contributed by atoms with Crippen molar-refractivity contribution in [3.05, 3.63) is 69.8 Å². The molecule has 0 aliphatic rings. The van der Waals surface area contributed by atoms with Crippen molar-refractivity contribution in [2.24, 2.45) is 0 Å². The zero-order valence-electron chi connectivity index (χ0n) is 19.9. The molecule has 1 unspecified atom stereocenters. The summed E-state index contributed by atoms with van der Waals surface area (Å²) in [4.78, 5) is 29.3. The van der Waals surface area contributed by atoms with Crippen molar-refractivity contribution in [1.82, 2.24) is 15.6 Å². The Morgan fingerprint density at radius 3 is 2.50 bits per heavy atom. The van der Waals surface area contributed by atoms with E-state index in [1.165, 1.54) is 0 Å². The molecule has 0 saturated heterocycles. The Hall–Kier alpha value is -2.70. The summed E-state index contributed by atoms with van der Waals surface area (Å²) in [5, 5.41) is 7.74. The fraction of sp³-hybridized carbons (Fsp3) is 0.385. The highest BCUT2D eigenvalue weighted by atomic mass is 35.5. The van der Waals surface area contributed by atoms with Crippen LogP contribution in [0.15, 0.2) is 48.7 Å². The number of fused-ring (bicyclic) bond motifs is 1. The topological polar surface area (TPSA) is 83.2 Å². The number of alkyl carbamates (subject to hydrolysis) is 1. The fourth-order valence-corrected chi connectivity index (χ4v) is 3.95. The number of para-hydroxylation sites is 1. The van der Waals surface area contributed by atoms with Gasteiger partial charge in [-0.15, -0.1) is 0 Å². The normalized spacial score (nSPS) is 13.4. The molecule has 0 radical (unpaired) electrons. The van der Waals surface area contributed by atoms with E-state index in [0.717, 1.165) is 22.0 Å². The minimum atomic E-state index is -1.23. The largest absolute Gasteiger partial charge is 0.444 e. The molecule has 1 atom stereocenters. The number of aromatic amines is 1. The van der Waals surface area contributed by atoms with Crippen LogP contribution in [-0.2, 0) is 22.4 Å². The smallest absolute Gasteiger partial charge is 0.408 e. The zero-order chi connectivity index (χ0) is 24.9. The number of aromatic nitrogens is 1. The van der Waals surface area contributed by atoms with Crippen LogP contribution >= 0.6 is 23.2 Å². The lowest BCUT2D eigenvalue weighted by Crippen LogP contribution is -2.59. The Morgan fingerprint density at radius 2 is 1.79 bits per heavy atom. The molecule has 3 rings (SSSR count). The molecule has 0 spiro atoms. The van der Waals surface area contributed by atoms with E-state index in [1.807, 2.05) is 57.3 Å². The van der Waals surface area contributed by atoms with Crippen LogP contribution in [0.25, 0.3) is 10.9 Å². The summed E-state index contributed by atoms with van der Waals surface area (Å²) in [7, 11) is 0. The SMILES string of the molecule is CCC(C)(C)OC(=O)NC(C)(Cc1c[nH]c2ccccc12)C(=O)NCCc1ccc(Cl)c(Cl)c1. The van der Waals surface area contributed by atoms with Crippen LogP contribution in [0.2, 0.25) is 10.0 Å². The van der Waals surface area contributed by atoms with Crippen LogP contribution in [-0.4, -0.2) is 34.7 Å². The number of hydrogen-bond donors (Lipinski definition) is 3. The van der Waals surface area contributed by atoms with Gasteiger partial charge >= 0.3 is 6.09 Å². The zero-order valence-corrected chi connectivity index (χ0v) is 21.4. The Kier molecular flexibility index (Phi) is 8.16. The van der Waals surface area contributed by atoms with Crippen molar-refractivity contribution in [3.8, 4) is 0 Å². The molecular formula is C26H31Cl2N3O3. The van der Waals surface area contributed by atoms with E-state index in [9.17, 15) is 9.59 Å². The summed E-state index contributed by atoms with van der Waals surface area (Å²) in [6, 6.07) is 13.2. The highest BCUT2D eigenvalue weighted by Gasteiger charge is 2.37. The first-order valence-corrected chi connectivity index (χ1v) is 12.1. The van der Waals surface area contributed by atoms with Gasteiger partial charge in [-0.1, -0.05) is 54.4 Å². The van der Waals surface area contributed by atoms with Crippen LogP contribution in [0, 0.1) is 0 Å². The summed E-state index contributed by atoms with van der Waals surface area (Å²) in [5.74, 6) is -0.302. The maximum Gasteiger partial charge on any atom is 0.408 e. The van der Waals surface area contributed by atoms with Gasteiger partial charge in [-0.05, 0) is 62.9 Å². The van der Waals surface area contributed by atoms with Gasteiger partial charge in [0.15, 0.2) is 0 Å². The molecule has 0 bridgehead atoms. The number of benzene rings is 2. The number of H-pyrrole nitrogens is 1. The molecule has 1 heterocycles. The van der Waals surface area contributed by atoms with E-state index in [2.05, 4.69) is 15.6 Å². The second-order valence-corrected chi connectivity index (χ2v) is 10.1. The van der Waals surface area contributed by atoms with Gasteiger partial charge < -0.3 is 20.4 Å². The molecule has 2 amide bonds. The van der Waals surface area contributed by atoms with Gasteiger partial charge in [0.25, 0.3) is 0 Å². The van der Waals surface area contributed by atoms with Gasteiger partial charge in [-0.3, -0.25) is 4.79 Å². The third-order valence-corrected chi connectivity index (χ3v) is 6.74. The van der Waals surface area contributed by atoms with Gasteiger partial charge in [0, 0.05) is 30.1 Å². The van der Waals surface area contributed by atoms with Crippen molar-refractivity contribution >= 4 is 46.1 Å². The van der Waals surface area contributed by atoms with Crippen LogP contribution < -0.4 is 10.6 Å². The van der Waals surface area contributed by atoms with Crippen molar-refractivity contribution in [3.63, 3.8) is 0 Å². The minimum absolute atomic E-state index is 0.289. The average Bonchev–Trinajstić information content (AvgIpc) is 3.18. The van der Waals surface area contributed by atoms with E-state index in [-0.39, 0.29) is 12.3 Å². The van der Waals surface area contributed by atoms with E-state index in [4.69, 9.17) is 27.9 Å². The first-order chi connectivity index (χ1) is 16.0. The number of nitrogens with one attached hydrogen (secondary N) is 3. The third kappa shape index (κ3) is 6.45. The Balaban J connectivity index is 1.77. The molecule has 182 valence electrons. The predicted octanol–water partition coefficient (Wildman–Crippen LogP) is 6.05. The lowest BCUT2D eigenvalue weighted by molar-refractivity contribution is -0.127. The molecule has 0 saturated carbocycles. The van der Waals surface area contributed by atoms with Crippen LogP contribution in [0.5, 0.6) is 0 Å². The summed E-state index contributed by atoms with van der Waals surface area (Å²) < 4.78 is 5.57. The number of amides is 2. The maximum absolute atomic E-state index is 13.4. The molecular weight excluding hydrogens is 473 g/mol. The first-order valence-electron chi connectivity index (χ1n) is 11.3. The first kappa shape index (κ1) is 25.9. The highest BCUT2D eigenvalue weighted by Crippen LogP contribution is 2.25. The third-order valence-electron chi connectivity index (χ3n) is 6.00. The fourth-order valence-electron chi connectivity index (χ4n) is 3.62. The quantitative estimate of drug-likeness (QED) is 0.332. The number of rotatable bonds is 9. The van der Waals surface area contributed by atoms with Gasteiger partial charge in [0.2, 0.25) is 5.91 Å². The van der Waals surface area contributed by atoms with E-state index in [0.29, 0.717) is 29.4 Å². The van der Waals surface area contributed by atoms with Gasteiger partial charge in [0.1, 0.15) is 11.1 Å². The number of carbonyl (C=O) groups excluding carboxylic acids is 2. The summed E-state index contributed by atoms with van der Waals surface area (Å²) in [6.07, 6.45) is 2.74. The Labute approximate surface area is 210 Å². The summed E-state index contributed by atoms with van der Waals surface area (Å²) in [5.41, 5.74) is 0.965. The minimum Gasteiger partial charge on any atom is -0.444 e. The molecule has 8 heteroatoms. The van der Waals surface area contributed by atoms with Crippen LogP contribution in [0.4, 0.5) is 4.79 Å². The van der Waals surface area contributed by atoms with E-state index < -0.39 is 17.2 Å². The highest BCUT2D eigenvalue weighted by molar-refractivity contribution is 6.42. The molecule has 0 fully saturated rings. The van der Waals surface area contributed by atoms with Gasteiger partial charge in [0.05, 0.1) is 10.0 Å². The molecule has 0 aliphatic carbocycles. The molecule has 3 aromatic rings. The van der Waals surface area contributed by atoms with Crippen molar-refractivity contribution in [2.75, 3.05) is 6.54 Å². The van der Waals surface area contributed by atoms with Gasteiger partial charge in [-0.25, -0.2) is 4.79 Å². The number of ether oxygens (including phenoxy) is 1. The van der Waals surface area contributed by atoms with Gasteiger partial charge in [-0.2, -0.15) is 0 Å². The standard InChI is InChI=1S/C26H31Cl2N3O3/c1-5-25(2,3)34-24(33)31-26(4,15-18-16-30-22-9-7-6-8-19(18)22)23(32)29-13-12-17-10-11-20(27)21(28)14-17/h6-11,14,16,30H,5,12-13,15H2,1-4H3,(H,29,32)(H,31,33).